The van der Waals surface area contributed by atoms with Crippen molar-refractivity contribution in [3.8, 4) is 0 Å². The Morgan fingerprint density at radius 1 is 1.21 bits per heavy atom. The van der Waals surface area contributed by atoms with E-state index in [0.29, 0.717) is 5.16 Å². The number of carbonyl (C=O) groups is 1. The topological polar surface area (TPSA) is 69.3 Å². The second-order valence-electron chi connectivity index (χ2n) is 7.14. The molecule has 0 bridgehead atoms. The van der Waals surface area contributed by atoms with Gasteiger partial charge in [-0.2, -0.15) is 0 Å². The van der Waals surface area contributed by atoms with Crippen LogP contribution in [0, 0.1) is 0 Å². The first-order valence-corrected chi connectivity index (χ1v) is 10.7. The van der Waals surface area contributed by atoms with Crippen molar-refractivity contribution < 1.29 is 4.79 Å². The molecule has 0 saturated carbocycles. The predicted octanol–water partition coefficient (Wildman–Crippen LogP) is 2.55. The molecule has 1 amide bonds. The zero-order valence-electron chi connectivity index (χ0n) is 16.6. The van der Waals surface area contributed by atoms with E-state index < -0.39 is 0 Å². The lowest BCUT2D eigenvalue weighted by Crippen LogP contribution is -2.50. The summed E-state index contributed by atoms with van der Waals surface area (Å²) in [5.74, 6) is 0.105. The minimum Gasteiger partial charge on any atom is -0.339 e. The fourth-order valence-corrected chi connectivity index (χ4v) is 4.28. The molecule has 6 nitrogen and oxygen atoms in total. The number of carbonyl (C=O) groups excluding carboxylic acids is 1. The number of benzene rings is 1. The van der Waals surface area contributed by atoms with E-state index in [4.69, 9.17) is 0 Å². The Hall–Kier alpha value is -2.12. The molecule has 150 valence electrons. The zero-order chi connectivity index (χ0) is 19.9. The maximum atomic E-state index is 12.8. The summed E-state index contributed by atoms with van der Waals surface area (Å²) in [7, 11) is 0. The highest BCUT2D eigenvalue weighted by Crippen LogP contribution is 2.21. The fourth-order valence-electron chi connectivity index (χ4n) is 3.37. The largest absolute Gasteiger partial charge is 0.339 e. The molecular formula is C21H28N4O2S. The quantitative estimate of drug-likeness (QED) is 0.571. The Labute approximate surface area is 170 Å². The van der Waals surface area contributed by atoms with E-state index in [1.54, 1.807) is 0 Å². The lowest BCUT2D eigenvalue weighted by molar-refractivity contribution is -0.132. The van der Waals surface area contributed by atoms with Gasteiger partial charge in [-0.25, -0.2) is 4.98 Å². The number of amides is 1. The van der Waals surface area contributed by atoms with Gasteiger partial charge < -0.3 is 9.88 Å². The highest BCUT2D eigenvalue weighted by Gasteiger charge is 2.26. The van der Waals surface area contributed by atoms with Crippen molar-refractivity contribution in [3.63, 3.8) is 0 Å². The summed E-state index contributed by atoms with van der Waals surface area (Å²) in [5, 5.41) is 0.250. The minimum absolute atomic E-state index is 0.105. The molecule has 28 heavy (non-hydrogen) atoms. The maximum absolute atomic E-state index is 12.8. The van der Waals surface area contributed by atoms with Crippen LogP contribution in [0.3, 0.4) is 0 Å². The van der Waals surface area contributed by atoms with Crippen molar-refractivity contribution in [1.29, 1.82) is 0 Å². The van der Waals surface area contributed by atoms with Crippen molar-refractivity contribution in [1.82, 2.24) is 19.8 Å². The summed E-state index contributed by atoms with van der Waals surface area (Å²) in [4.78, 5) is 36.2. The summed E-state index contributed by atoms with van der Waals surface area (Å²) in [6.45, 7) is 8.07. The number of aromatic nitrogens is 2. The van der Waals surface area contributed by atoms with Gasteiger partial charge in [-0.05, 0) is 18.9 Å². The molecule has 2 heterocycles. The predicted molar refractivity (Wildman–Crippen MR) is 112 cm³/mol. The van der Waals surface area contributed by atoms with Gasteiger partial charge >= 0.3 is 0 Å². The Bertz CT molecular complexity index is 832. The molecule has 1 aromatic carbocycles. The maximum Gasteiger partial charge on any atom is 0.251 e. The third kappa shape index (κ3) is 5.69. The van der Waals surface area contributed by atoms with E-state index in [1.165, 1.54) is 23.4 Å². The number of aryl methyl sites for hydroxylation is 1. The molecule has 0 aliphatic carbocycles. The molecule has 7 heteroatoms. The fraction of sp³-hybridized carbons (Fsp3) is 0.476. The third-order valence-corrected chi connectivity index (χ3v) is 5.82. The third-order valence-electron chi connectivity index (χ3n) is 4.85. The number of hydrogen-bond acceptors (Lipinski definition) is 5. The summed E-state index contributed by atoms with van der Waals surface area (Å²) < 4.78 is 0. The highest BCUT2D eigenvalue weighted by atomic mass is 32.2. The van der Waals surface area contributed by atoms with Crippen molar-refractivity contribution in [2.24, 2.45) is 0 Å². The first-order chi connectivity index (χ1) is 13.5. The van der Waals surface area contributed by atoms with E-state index >= 15 is 0 Å². The normalized spacial score (nSPS) is 16.1. The lowest BCUT2D eigenvalue weighted by atomic mass is 10.2. The van der Waals surface area contributed by atoms with E-state index in [-0.39, 0.29) is 16.7 Å². The van der Waals surface area contributed by atoms with Crippen LogP contribution in [0.25, 0.3) is 0 Å². The number of H-pyrrole nitrogens is 1. The van der Waals surface area contributed by atoms with E-state index in [1.807, 2.05) is 17.9 Å². The number of hydrogen-bond donors (Lipinski definition) is 1. The van der Waals surface area contributed by atoms with Crippen LogP contribution < -0.4 is 5.56 Å². The molecule has 1 aliphatic heterocycles. The molecule has 2 aromatic rings. The molecule has 0 spiro atoms. The average molecular weight is 401 g/mol. The van der Waals surface area contributed by atoms with Gasteiger partial charge in [0.05, 0.1) is 5.25 Å². The van der Waals surface area contributed by atoms with Crippen LogP contribution >= 0.6 is 11.8 Å². The SMILES string of the molecule is CCCc1cc(=O)[nH]c(S[C@@H](C)C(=O)N2CCN(Cc3ccccc3)CC2)n1. The number of nitrogens with zero attached hydrogens (tertiary/aromatic N) is 3. The van der Waals surface area contributed by atoms with E-state index in [2.05, 4.69) is 46.1 Å². The van der Waals surface area contributed by atoms with Gasteiger partial charge in [0.15, 0.2) is 5.16 Å². The van der Waals surface area contributed by atoms with E-state index in [9.17, 15) is 9.59 Å². The van der Waals surface area contributed by atoms with Gasteiger partial charge in [0.1, 0.15) is 0 Å². The smallest absolute Gasteiger partial charge is 0.251 e. The van der Waals surface area contributed by atoms with Crippen LogP contribution in [0.5, 0.6) is 0 Å². The monoisotopic (exact) mass is 400 g/mol. The van der Waals surface area contributed by atoms with Crippen LogP contribution in [0.1, 0.15) is 31.5 Å². The highest BCUT2D eigenvalue weighted by molar-refractivity contribution is 8.00. The minimum atomic E-state index is -0.277. The Balaban J connectivity index is 1.52. The number of aromatic amines is 1. The van der Waals surface area contributed by atoms with Crippen molar-refractivity contribution in [2.45, 2.75) is 43.6 Å². The molecule has 1 aliphatic rings. The van der Waals surface area contributed by atoms with Crippen LogP contribution in [-0.4, -0.2) is 57.1 Å². The van der Waals surface area contributed by atoms with Crippen LogP contribution in [0.2, 0.25) is 0 Å². The number of nitrogens with one attached hydrogen (secondary N) is 1. The molecule has 1 atom stereocenters. The van der Waals surface area contributed by atoms with E-state index in [0.717, 1.165) is 51.3 Å². The molecule has 1 N–H and O–H groups in total. The van der Waals surface area contributed by atoms with Crippen molar-refractivity contribution >= 4 is 17.7 Å². The number of thioether (sulfide) groups is 1. The van der Waals surface area contributed by atoms with Crippen LogP contribution in [-0.2, 0) is 17.8 Å². The zero-order valence-corrected chi connectivity index (χ0v) is 17.4. The Morgan fingerprint density at radius 2 is 1.93 bits per heavy atom. The van der Waals surface area contributed by atoms with Crippen molar-refractivity contribution in [2.75, 3.05) is 26.2 Å². The second kappa shape index (κ2) is 9.89. The standard InChI is InChI=1S/C21H28N4O2S/c1-3-7-18-14-19(26)23-21(22-18)28-16(2)20(27)25-12-10-24(11-13-25)15-17-8-5-4-6-9-17/h4-6,8-9,14,16H,3,7,10-13,15H2,1-2H3,(H,22,23,26)/t16-/m0/s1. The summed E-state index contributed by atoms with van der Waals surface area (Å²) in [6, 6.07) is 11.9. The average Bonchev–Trinajstić information content (AvgIpc) is 2.68. The van der Waals surface area contributed by atoms with Gasteiger partial charge in [0.25, 0.3) is 5.56 Å². The summed E-state index contributed by atoms with van der Waals surface area (Å²) in [6.07, 6.45) is 1.70. The molecular weight excluding hydrogens is 372 g/mol. The molecule has 1 fully saturated rings. The summed E-state index contributed by atoms with van der Waals surface area (Å²) >= 11 is 1.33. The van der Waals surface area contributed by atoms with Crippen LogP contribution in [0.4, 0.5) is 0 Å². The first-order valence-electron chi connectivity index (χ1n) is 9.87. The van der Waals surface area contributed by atoms with Gasteiger partial charge in [0, 0.05) is 44.5 Å². The Morgan fingerprint density at radius 3 is 2.61 bits per heavy atom. The van der Waals surface area contributed by atoms with Gasteiger partial charge in [-0.1, -0.05) is 55.4 Å². The Kier molecular flexibility index (Phi) is 7.28. The number of rotatable bonds is 7. The van der Waals surface area contributed by atoms with Gasteiger partial charge in [-0.3, -0.25) is 14.5 Å². The van der Waals surface area contributed by atoms with Crippen LogP contribution in [0.15, 0.2) is 46.3 Å². The summed E-state index contributed by atoms with van der Waals surface area (Å²) in [5.41, 5.74) is 1.92. The first kappa shape index (κ1) is 20.6. The second-order valence-corrected chi connectivity index (χ2v) is 8.47. The number of piperazine rings is 1. The molecule has 1 saturated heterocycles. The molecule has 3 rings (SSSR count). The molecule has 0 radical (unpaired) electrons. The van der Waals surface area contributed by atoms with Crippen molar-refractivity contribution in [3.05, 3.63) is 58.0 Å². The molecule has 0 unspecified atom stereocenters. The van der Waals surface area contributed by atoms with Gasteiger partial charge in [-0.15, -0.1) is 0 Å². The molecule has 1 aromatic heterocycles. The lowest BCUT2D eigenvalue weighted by Gasteiger charge is -2.35. The van der Waals surface area contributed by atoms with Gasteiger partial charge in [0.2, 0.25) is 5.91 Å².